The lowest BCUT2D eigenvalue weighted by molar-refractivity contribution is 0.0996. The zero-order valence-electron chi connectivity index (χ0n) is 7.62. The van der Waals surface area contributed by atoms with Crippen molar-refractivity contribution in [2.45, 2.75) is 6.23 Å². The molecule has 1 heterocycles. The second-order valence-electron chi connectivity index (χ2n) is 2.95. The normalized spacial score (nSPS) is 21.8. The first kappa shape index (κ1) is 8.53. The van der Waals surface area contributed by atoms with E-state index in [1.165, 1.54) is 0 Å². The van der Waals surface area contributed by atoms with Gasteiger partial charge in [0, 0.05) is 12.1 Å². The molecular weight excluding hydrogens is 166 g/mol. The van der Waals surface area contributed by atoms with E-state index in [1.54, 1.807) is 7.11 Å². The summed E-state index contributed by atoms with van der Waals surface area (Å²) in [4.78, 5) is 0. The molecule has 0 saturated carbocycles. The number of benzene rings is 1. The molecule has 0 aromatic heterocycles. The molecule has 1 atom stereocenters. The lowest BCUT2D eigenvalue weighted by Crippen LogP contribution is -2.14. The van der Waals surface area contributed by atoms with Gasteiger partial charge < -0.3 is 9.47 Å². The van der Waals surface area contributed by atoms with Crippen LogP contribution in [0.15, 0.2) is 24.3 Å². The average molecular weight is 179 g/mol. The third-order valence-corrected chi connectivity index (χ3v) is 2.14. The fourth-order valence-electron chi connectivity index (χ4n) is 1.51. The van der Waals surface area contributed by atoms with Gasteiger partial charge in [0.1, 0.15) is 12.0 Å². The standard InChI is InChI=1S/C10H13NO2/c1-12-9-5-3-2-4-8(9)10-11-6-7-13-10/h2-5,10-11H,6-7H2,1H3. The summed E-state index contributed by atoms with van der Waals surface area (Å²) in [5, 5.41) is 3.25. The van der Waals surface area contributed by atoms with E-state index >= 15 is 0 Å². The van der Waals surface area contributed by atoms with E-state index in [0.29, 0.717) is 0 Å². The molecule has 1 unspecified atom stereocenters. The summed E-state index contributed by atoms with van der Waals surface area (Å²) in [7, 11) is 1.67. The maximum atomic E-state index is 5.49. The molecule has 1 saturated heterocycles. The highest BCUT2D eigenvalue weighted by atomic mass is 16.5. The Balaban J connectivity index is 2.26. The van der Waals surface area contributed by atoms with Gasteiger partial charge in [0.25, 0.3) is 0 Å². The number of rotatable bonds is 2. The third kappa shape index (κ3) is 1.66. The van der Waals surface area contributed by atoms with Gasteiger partial charge in [-0.15, -0.1) is 0 Å². The topological polar surface area (TPSA) is 30.5 Å². The van der Waals surface area contributed by atoms with Crippen molar-refractivity contribution < 1.29 is 9.47 Å². The van der Waals surface area contributed by atoms with Crippen molar-refractivity contribution in [3.63, 3.8) is 0 Å². The third-order valence-electron chi connectivity index (χ3n) is 2.14. The Labute approximate surface area is 77.7 Å². The monoisotopic (exact) mass is 179 g/mol. The van der Waals surface area contributed by atoms with E-state index in [4.69, 9.17) is 9.47 Å². The van der Waals surface area contributed by atoms with Crippen molar-refractivity contribution in [3.05, 3.63) is 29.8 Å². The lowest BCUT2D eigenvalue weighted by Gasteiger charge is -2.13. The summed E-state index contributed by atoms with van der Waals surface area (Å²) >= 11 is 0. The van der Waals surface area contributed by atoms with Crippen molar-refractivity contribution in [2.24, 2.45) is 0 Å². The van der Waals surface area contributed by atoms with Crippen LogP contribution < -0.4 is 10.1 Å². The molecule has 0 amide bonds. The maximum Gasteiger partial charge on any atom is 0.138 e. The average Bonchev–Trinajstić information content (AvgIpc) is 2.70. The maximum absolute atomic E-state index is 5.49. The number of methoxy groups -OCH3 is 1. The van der Waals surface area contributed by atoms with Crippen LogP contribution in [-0.4, -0.2) is 20.3 Å². The van der Waals surface area contributed by atoms with Crippen LogP contribution in [0.3, 0.4) is 0 Å². The number of hydrogen-bond donors (Lipinski definition) is 1. The van der Waals surface area contributed by atoms with Crippen LogP contribution in [0.1, 0.15) is 11.8 Å². The van der Waals surface area contributed by atoms with Crippen LogP contribution in [0.25, 0.3) is 0 Å². The van der Waals surface area contributed by atoms with Gasteiger partial charge in [0.15, 0.2) is 0 Å². The summed E-state index contributed by atoms with van der Waals surface area (Å²) in [6.07, 6.45) is -0.00356. The highest BCUT2D eigenvalue weighted by Crippen LogP contribution is 2.26. The highest BCUT2D eigenvalue weighted by Gasteiger charge is 2.19. The van der Waals surface area contributed by atoms with Gasteiger partial charge in [-0.1, -0.05) is 18.2 Å². The van der Waals surface area contributed by atoms with E-state index in [0.717, 1.165) is 24.5 Å². The molecule has 1 aromatic rings. The van der Waals surface area contributed by atoms with Crippen LogP contribution in [0, 0.1) is 0 Å². The van der Waals surface area contributed by atoms with E-state index in [9.17, 15) is 0 Å². The largest absolute Gasteiger partial charge is 0.496 e. The first-order valence-electron chi connectivity index (χ1n) is 4.40. The molecular formula is C10H13NO2. The molecule has 0 bridgehead atoms. The summed E-state index contributed by atoms with van der Waals surface area (Å²) in [6.45, 7) is 1.67. The van der Waals surface area contributed by atoms with Gasteiger partial charge >= 0.3 is 0 Å². The van der Waals surface area contributed by atoms with Crippen molar-refractivity contribution in [3.8, 4) is 5.75 Å². The molecule has 70 valence electrons. The zero-order valence-corrected chi connectivity index (χ0v) is 7.62. The number of hydrogen-bond acceptors (Lipinski definition) is 3. The van der Waals surface area contributed by atoms with Crippen LogP contribution in [0.4, 0.5) is 0 Å². The molecule has 1 aliphatic rings. The van der Waals surface area contributed by atoms with E-state index in [2.05, 4.69) is 5.32 Å². The molecule has 3 nitrogen and oxygen atoms in total. The SMILES string of the molecule is COc1ccccc1C1NCCO1. The van der Waals surface area contributed by atoms with E-state index in [-0.39, 0.29) is 6.23 Å². The fraction of sp³-hybridized carbons (Fsp3) is 0.400. The Morgan fingerprint density at radius 1 is 1.46 bits per heavy atom. The summed E-state index contributed by atoms with van der Waals surface area (Å²) in [5.74, 6) is 0.877. The Hall–Kier alpha value is -1.06. The fourth-order valence-corrected chi connectivity index (χ4v) is 1.51. The first-order chi connectivity index (χ1) is 6.42. The van der Waals surface area contributed by atoms with Crippen LogP contribution in [0.5, 0.6) is 5.75 Å². The Morgan fingerprint density at radius 2 is 2.31 bits per heavy atom. The highest BCUT2D eigenvalue weighted by molar-refractivity contribution is 5.35. The Kier molecular flexibility index (Phi) is 2.47. The number of para-hydroxylation sites is 1. The van der Waals surface area contributed by atoms with Gasteiger partial charge in [-0.3, -0.25) is 5.32 Å². The van der Waals surface area contributed by atoms with Crippen molar-refractivity contribution in [2.75, 3.05) is 20.3 Å². The van der Waals surface area contributed by atoms with Gasteiger partial charge in [-0.25, -0.2) is 0 Å². The van der Waals surface area contributed by atoms with E-state index in [1.807, 2.05) is 24.3 Å². The van der Waals surface area contributed by atoms with Gasteiger partial charge in [0.2, 0.25) is 0 Å². The number of ether oxygens (including phenoxy) is 2. The summed E-state index contributed by atoms with van der Waals surface area (Å²) in [5.41, 5.74) is 1.07. The molecule has 1 aliphatic heterocycles. The van der Waals surface area contributed by atoms with Gasteiger partial charge in [-0.2, -0.15) is 0 Å². The van der Waals surface area contributed by atoms with Crippen molar-refractivity contribution in [1.82, 2.24) is 5.32 Å². The van der Waals surface area contributed by atoms with Crippen molar-refractivity contribution in [1.29, 1.82) is 0 Å². The van der Waals surface area contributed by atoms with Crippen LogP contribution in [0.2, 0.25) is 0 Å². The summed E-state index contributed by atoms with van der Waals surface area (Å²) < 4.78 is 10.7. The quantitative estimate of drug-likeness (QED) is 0.742. The molecule has 0 aliphatic carbocycles. The molecule has 3 heteroatoms. The molecule has 1 aromatic carbocycles. The molecule has 0 spiro atoms. The van der Waals surface area contributed by atoms with Gasteiger partial charge in [-0.05, 0) is 6.07 Å². The predicted molar refractivity (Wildman–Crippen MR) is 49.7 cm³/mol. The minimum atomic E-state index is -0.00356. The first-order valence-corrected chi connectivity index (χ1v) is 4.40. The Bertz CT molecular complexity index is 282. The van der Waals surface area contributed by atoms with Crippen LogP contribution in [-0.2, 0) is 4.74 Å². The van der Waals surface area contributed by atoms with Gasteiger partial charge in [0.05, 0.1) is 13.7 Å². The minimum absolute atomic E-state index is 0.00356. The zero-order chi connectivity index (χ0) is 9.10. The second-order valence-corrected chi connectivity index (χ2v) is 2.95. The predicted octanol–water partition coefficient (Wildman–Crippen LogP) is 1.31. The van der Waals surface area contributed by atoms with Crippen molar-refractivity contribution >= 4 is 0 Å². The molecule has 1 fully saturated rings. The molecule has 1 N–H and O–H groups in total. The van der Waals surface area contributed by atoms with Crippen LogP contribution >= 0.6 is 0 Å². The summed E-state index contributed by atoms with van der Waals surface area (Å²) in [6, 6.07) is 7.90. The minimum Gasteiger partial charge on any atom is -0.496 e. The second kappa shape index (κ2) is 3.77. The Morgan fingerprint density at radius 3 is 3.00 bits per heavy atom. The molecule has 0 radical (unpaired) electrons. The number of nitrogens with one attached hydrogen (secondary N) is 1. The van der Waals surface area contributed by atoms with E-state index < -0.39 is 0 Å². The molecule has 13 heavy (non-hydrogen) atoms. The molecule has 2 rings (SSSR count). The smallest absolute Gasteiger partial charge is 0.138 e. The lowest BCUT2D eigenvalue weighted by atomic mass is 10.2.